The van der Waals surface area contributed by atoms with Crippen LogP contribution in [0.1, 0.15) is 34.9 Å². The number of esters is 1. The Hall–Kier alpha value is -3.33. The van der Waals surface area contributed by atoms with Gasteiger partial charge in [0.15, 0.2) is 11.9 Å². The topological polar surface area (TPSA) is 115 Å². The first-order valence-electron chi connectivity index (χ1n) is 8.39. The molecule has 28 heavy (non-hydrogen) atoms. The van der Waals surface area contributed by atoms with Crippen molar-refractivity contribution < 1.29 is 14.5 Å². The Bertz CT molecular complexity index is 1140. The lowest BCUT2D eigenvalue weighted by Crippen LogP contribution is -2.16. The standard InChI is InChI=1S/C19H17N3O5S/c1-10-12(3)28-19-16(10)18(24)20-17(21-19)11(2)27-15(23)9-6-13-4-7-14(8-5-13)22(25)26/h4-9,11H,1-3H3,(H,20,21,24)/b9-6+/t11-/m0/s1. The molecule has 0 saturated heterocycles. The van der Waals surface area contributed by atoms with Gasteiger partial charge in [-0.1, -0.05) is 0 Å². The number of nitrogens with zero attached hydrogens (tertiary/aromatic N) is 2. The molecule has 0 saturated carbocycles. The summed E-state index contributed by atoms with van der Waals surface area (Å²) in [7, 11) is 0. The SMILES string of the molecule is Cc1sc2nc([C@H](C)OC(=O)/C=C/c3ccc([N+](=O)[O-])cc3)[nH]c(=O)c2c1C. The molecule has 3 aromatic rings. The van der Waals surface area contributed by atoms with E-state index in [4.69, 9.17) is 4.74 Å². The van der Waals surface area contributed by atoms with Crippen LogP contribution in [0, 0.1) is 24.0 Å². The van der Waals surface area contributed by atoms with Gasteiger partial charge in [0.2, 0.25) is 0 Å². The summed E-state index contributed by atoms with van der Waals surface area (Å²) in [6.45, 7) is 5.42. The number of thiophene rings is 1. The predicted octanol–water partition coefficient (Wildman–Crippen LogP) is 3.83. The van der Waals surface area contributed by atoms with E-state index >= 15 is 0 Å². The van der Waals surface area contributed by atoms with Crippen LogP contribution in [-0.2, 0) is 9.53 Å². The van der Waals surface area contributed by atoms with Gasteiger partial charge in [0.25, 0.3) is 11.2 Å². The third-order valence-corrected chi connectivity index (χ3v) is 5.35. The van der Waals surface area contributed by atoms with Crippen molar-refractivity contribution in [3.05, 3.63) is 72.6 Å². The van der Waals surface area contributed by atoms with E-state index in [0.717, 1.165) is 10.4 Å². The lowest BCUT2D eigenvalue weighted by atomic mass is 10.2. The summed E-state index contributed by atoms with van der Waals surface area (Å²) in [5.74, 6) is -0.344. The van der Waals surface area contributed by atoms with Gasteiger partial charge in [-0.05, 0) is 50.1 Å². The number of carbonyl (C=O) groups is 1. The number of nitro groups is 1. The monoisotopic (exact) mass is 399 g/mol. The molecule has 8 nitrogen and oxygen atoms in total. The third-order valence-electron chi connectivity index (χ3n) is 4.25. The van der Waals surface area contributed by atoms with Crippen LogP contribution in [0.15, 0.2) is 35.1 Å². The molecule has 0 amide bonds. The summed E-state index contributed by atoms with van der Waals surface area (Å²) >= 11 is 1.42. The van der Waals surface area contributed by atoms with Gasteiger partial charge in [-0.15, -0.1) is 11.3 Å². The Balaban J connectivity index is 1.72. The number of rotatable bonds is 5. The number of hydrogen-bond acceptors (Lipinski definition) is 7. The van der Waals surface area contributed by atoms with Crippen LogP contribution in [0.3, 0.4) is 0 Å². The molecule has 0 radical (unpaired) electrons. The number of carbonyl (C=O) groups excluding carboxylic acids is 1. The maximum absolute atomic E-state index is 12.3. The normalized spacial score (nSPS) is 12.4. The van der Waals surface area contributed by atoms with Crippen molar-refractivity contribution in [1.82, 2.24) is 9.97 Å². The highest BCUT2D eigenvalue weighted by Gasteiger charge is 2.17. The molecule has 1 atom stereocenters. The Morgan fingerprint density at radius 1 is 1.32 bits per heavy atom. The zero-order valence-electron chi connectivity index (χ0n) is 15.4. The minimum Gasteiger partial charge on any atom is -0.451 e. The second-order valence-corrected chi connectivity index (χ2v) is 7.38. The lowest BCUT2D eigenvalue weighted by Gasteiger charge is -2.11. The molecule has 144 valence electrons. The van der Waals surface area contributed by atoms with Crippen molar-refractivity contribution >= 4 is 39.3 Å². The second kappa shape index (κ2) is 7.73. The van der Waals surface area contributed by atoms with Crippen molar-refractivity contribution in [2.45, 2.75) is 26.9 Å². The van der Waals surface area contributed by atoms with Gasteiger partial charge in [0.05, 0.1) is 10.3 Å². The molecule has 0 aliphatic carbocycles. The van der Waals surface area contributed by atoms with Gasteiger partial charge in [0, 0.05) is 23.1 Å². The van der Waals surface area contributed by atoms with Gasteiger partial charge in [0.1, 0.15) is 4.83 Å². The summed E-state index contributed by atoms with van der Waals surface area (Å²) in [4.78, 5) is 43.2. The van der Waals surface area contributed by atoms with Crippen molar-refractivity contribution in [3.63, 3.8) is 0 Å². The number of ether oxygens (including phenoxy) is 1. The zero-order valence-corrected chi connectivity index (χ0v) is 16.2. The van der Waals surface area contributed by atoms with E-state index in [1.54, 1.807) is 6.92 Å². The van der Waals surface area contributed by atoms with Gasteiger partial charge in [-0.2, -0.15) is 0 Å². The number of H-pyrrole nitrogens is 1. The van der Waals surface area contributed by atoms with E-state index in [2.05, 4.69) is 9.97 Å². The number of hydrogen-bond donors (Lipinski definition) is 1. The lowest BCUT2D eigenvalue weighted by molar-refractivity contribution is -0.384. The van der Waals surface area contributed by atoms with Crippen LogP contribution in [0.25, 0.3) is 16.3 Å². The number of benzene rings is 1. The van der Waals surface area contributed by atoms with Gasteiger partial charge in [-0.3, -0.25) is 14.9 Å². The van der Waals surface area contributed by atoms with E-state index in [9.17, 15) is 19.7 Å². The highest BCUT2D eigenvalue weighted by Crippen LogP contribution is 2.27. The van der Waals surface area contributed by atoms with Crippen molar-refractivity contribution in [3.8, 4) is 0 Å². The minimum absolute atomic E-state index is 0.0298. The van der Waals surface area contributed by atoms with Gasteiger partial charge in [-0.25, -0.2) is 9.78 Å². The largest absolute Gasteiger partial charge is 0.451 e. The first-order chi connectivity index (χ1) is 13.3. The Morgan fingerprint density at radius 3 is 2.64 bits per heavy atom. The van der Waals surface area contributed by atoms with Crippen molar-refractivity contribution in [2.24, 2.45) is 0 Å². The van der Waals surface area contributed by atoms with E-state index < -0.39 is 17.0 Å². The second-order valence-electron chi connectivity index (χ2n) is 6.18. The Morgan fingerprint density at radius 2 is 2.00 bits per heavy atom. The van der Waals surface area contributed by atoms with Crippen molar-refractivity contribution in [1.29, 1.82) is 0 Å². The summed E-state index contributed by atoms with van der Waals surface area (Å²) in [6, 6.07) is 5.75. The molecule has 0 aliphatic heterocycles. The van der Waals surface area contributed by atoms with Crippen LogP contribution in [0.2, 0.25) is 0 Å². The van der Waals surface area contributed by atoms with Crippen LogP contribution < -0.4 is 5.56 Å². The molecule has 0 fully saturated rings. The van der Waals surface area contributed by atoms with E-state index in [0.29, 0.717) is 15.8 Å². The van der Waals surface area contributed by atoms with Crippen molar-refractivity contribution in [2.75, 3.05) is 0 Å². The molecule has 1 aromatic carbocycles. The van der Waals surface area contributed by atoms with Crippen LogP contribution in [0.5, 0.6) is 0 Å². The zero-order chi connectivity index (χ0) is 20.4. The molecule has 2 aromatic heterocycles. The number of nitrogens with one attached hydrogen (secondary N) is 1. The first kappa shape index (κ1) is 19.4. The average molecular weight is 399 g/mol. The number of aromatic amines is 1. The highest BCUT2D eigenvalue weighted by molar-refractivity contribution is 7.18. The quantitative estimate of drug-likeness (QED) is 0.302. The fraction of sp³-hybridized carbons (Fsp3) is 0.211. The number of fused-ring (bicyclic) bond motifs is 1. The predicted molar refractivity (Wildman–Crippen MR) is 106 cm³/mol. The summed E-state index contributed by atoms with van der Waals surface area (Å²) in [5.41, 5.74) is 1.23. The molecule has 0 spiro atoms. The highest BCUT2D eigenvalue weighted by atomic mass is 32.1. The molecule has 3 rings (SSSR count). The number of nitro benzene ring substituents is 1. The summed E-state index contributed by atoms with van der Waals surface area (Å²) in [6.07, 6.45) is 1.96. The van der Waals surface area contributed by atoms with E-state index in [1.807, 2.05) is 13.8 Å². The molecular weight excluding hydrogens is 382 g/mol. The smallest absolute Gasteiger partial charge is 0.331 e. The summed E-state index contributed by atoms with van der Waals surface area (Å²) in [5, 5.41) is 11.2. The van der Waals surface area contributed by atoms with Gasteiger partial charge >= 0.3 is 5.97 Å². The average Bonchev–Trinajstić information content (AvgIpc) is 2.94. The fourth-order valence-corrected chi connectivity index (χ4v) is 3.64. The molecule has 9 heteroatoms. The molecule has 0 bridgehead atoms. The molecule has 0 unspecified atom stereocenters. The summed E-state index contributed by atoms with van der Waals surface area (Å²) < 4.78 is 5.30. The Labute approximate surface area is 163 Å². The van der Waals surface area contributed by atoms with Crippen LogP contribution in [-0.4, -0.2) is 20.9 Å². The van der Waals surface area contributed by atoms with Crippen LogP contribution in [0.4, 0.5) is 5.69 Å². The number of aryl methyl sites for hydroxylation is 2. The molecular formula is C19H17N3O5S. The molecule has 0 aliphatic rings. The third kappa shape index (κ3) is 3.99. The van der Waals surface area contributed by atoms with E-state index in [-0.39, 0.29) is 17.1 Å². The number of aromatic nitrogens is 2. The molecule has 1 N–H and O–H groups in total. The molecule has 2 heterocycles. The Kier molecular flexibility index (Phi) is 5.36. The first-order valence-corrected chi connectivity index (χ1v) is 9.21. The number of non-ortho nitro benzene ring substituents is 1. The fourth-order valence-electron chi connectivity index (χ4n) is 2.60. The minimum atomic E-state index is -0.742. The maximum Gasteiger partial charge on any atom is 0.331 e. The van der Waals surface area contributed by atoms with Crippen LogP contribution >= 0.6 is 11.3 Å². The maximum atomic E-state index is 12.3. The van der Waals surface area contributed by atoms with E-state index in [1.165, 1.54) is 47.8 Å². The van der Waals surface area contributed by atoms with Gasteiger partial charge < -0.3 is 9.72 Å².